The van der Waals surface area contributed by atoms with Crippen LogP contribution in [0.3, 0.4) is 0 Å². The molecule has 0 aliphatic heterocycles. The van der Waals surface area contributed by atoms with Crippen molar-refractivity contribution in [2.75, 3.05) is 0 Å². The molecule has 6 nitrogen and oxygen atoms in total. The van der Waals surface area contributed by atoms with Gasteiger partial charge in [-0.2, -0.15) is 0 Å². The molecule has 1 aromatic heterocycles. The first-order valence-corrected chi connectivity index (χ1v) is 8.57. The molecule has 8 heteroatoms. The summed E-state index contributed by atoms with van der Waals surface area (Å²) in [6, 6.07) is 3.42. The number of halogens is 1. The number of sulfonamides is 1. The third-order valence-electron chi connectivity index (χ3n) is 3.22. The summed E-state index contributed by atoms with van der Waals surface area (Å²) < 4.78 is 30.0. The van der Waals surface area contributed by atoms with Gasteiger partial charge in [0.25, 0.3) is 0 Å². The average Bonchev–Trinajstić information content (AvgIpc) is 2.84. The molecule has 0 spiro atoms. The van der Waals surface area contributed by atoms with Crippen molar-refractivity contribution in [3.63, 3.8) is 0 Å². The molecule has 1 aromatic carbocycles. The fraction of sp³-hybridized carbons (Fsp3) is 0.308. The van der Waals surface area contributed by atoms with Crippen molar-refractivity contribution in [1.82, 2.24) is 14.3 Å². The van der Waals surface area contributed by atoms with E-state index in [9.17, 15) is 8.42 Å². The zero-order valence-corrected chi connectivity index (χ0v) is 14.2. The number of nitrogens with two attached hydrogens (primary N) is 1. The van der Waals surface area contributed by atoms with Crippen LogP contribution in [0.25, 0.3) is 0 Å². The van der Waals surface area contributed by atoms with Crippen LogP contribution in [0.5, 0.6) is 0 Å². The van der Waals surface area contributed by atoms with E-state index in [1.807, 2.05) is 13.1 Å². The van der Waals surface area contributed by atoms with Gasteiger partial charge in [-0.05, 0) is 30.2 Å². The molecule has 0 aliphatic carbocycles. The monoisotopic (exact) mass is 372 g/mol. The number of aryl methyl sites for hydroxylation is 1. The third-order valence-corrected chi connectivity index (χ3v) is 5.57. The number of benzene rings is 1. The van der Waals surface area contributed by atoms with Crippen molar-refractivity contribution >= 4 is 26.0 Å². The molecule has 1 heterocycles. The van der Waals surface area contributed by atoms with Gasteiger partial charge in [-0.25, -0.2) is 18.1 Å². The van der Waals surface area contributed by atoms with Crippen molar-refractivity contribution in [2.45, 2.75) is 24.9 Å². The first-order valence-electron chi connectivity index (χ1n) is 6.30. The molecule has 0 fully saturated rings. The molecule has 0 saturated carbocycles. The fourth-order valence-corrected chi connectivity index (χ4v) is 3.84. The van der Waals surface area contributed by atoms with Gasteiger partial charge in [-0.1, -0.05) is 15.9 Å². The normalized spacial score (nSPS) is 11.8. The molecule has 0 amide bonds. The summed E-state index contributed by atoms with van der Waals surface area (Å²) in [5.41, 5.74) is 7.01. The van der Waals surface area contributed by atoms with Gasteiger partial charge in [-0.3, -0.25) is 0 Å². The molecule has 0 radical (unpaired) electrons. The van der Waals surface area contributed by atoms with E-state index < -0.39 is 10.0 Å². The minimum Gasteiger partial charge on any atom is -0.337 e. The van der Waals surface area contributed by atoms with Gasteiger partial charge < -0.3 is 10.3 Å². The number of imidazole rings is 1. The third kappa shape index (κ3) is 3.52. The van der Waals surface area contributed by atoms with Crippen molar-refractivity contribution in [3.05, 3.63) is 46.0 Å². The lowest BCUT2D eigenvalue weighted by Gasteiger charge is -2.12. The highest BCUT2D eigenvalue weighted by molar-refractivity contribution is 9.10. The summed E-state index contributed by atoms with van der Waals surface area (Å²) in [4.78, 5) is 4.32. The van der Waals surface area contributed by atoms with Crippen LogP contribution in [0.15, 0.2) is 33.9 Å². The topological polar surface area (TPSA) is 90.0 Å². The number of aromatic nitrogens is 2. The Morgan fingerprint density at radius 1 is 1.43 bits per heavy atom. The van der Waals surface area contributed by atoms with E-state index in [2.05, 4.69) is 25.6 Å². The number of rotatable bonds is 5. The minimum absolute atomic E-state index is 0.135. The van der Waals surface area contributed by atoms with Gasteiger partial charge in [0.1, 0.15) is 5.82 Å². The number of nitrogens with zero attached hydrogens (tertiary/aromatic N) is 2. The summed E-state index contributed by atoms with van der Waals surface area (Å²) in [6.07, 6.45) is 3.39. The van der Waals surface area contributed by atoms with Crippen LogP contribution in [0, 0.1) is 6.92 Å². The molecule has 114 valence electrons. The molecular formula is C13H17BrN4O2S. The maximum atomic E-state index is 12.5. The van der Waals surface area contributed by atoms with Crippen molar-refractivity contribution in [1.29, 1.82) is 0 Å². The van der Waals surface area contributed by atoms with E-state index in [0.29, 0.717) is 11.4 Å². The Morgan fingerprint density at radius 2 is 2.14 bits per heavy atom. The highest BCUT2D eigenvalue weighted by Gasteiger charge is 2.19. The second-order valence-corrected chi connectivity index (χ2v) is 7.27. The molecule has 0 aliphatic rings. The van der Waals surface area contributed by atoms with E-state index >= 15 is 0 Å². The number of nitrogens with one attached hydrogen (secondary N) is 1. The number of hydrogen-bond donors (Lipinski definition) is 2. The molecule has 0 bridgehead atoms. The Bertz CT molecular complexity index is 756. The molecular weight excluding hydrogens is 356 g/mol. The lowest BCUT2D eigenvalue weighted by atomic mass is 10.1. The van der Waals surface area contributed by atoms with Crippen LogP contribution in [-0.2, 0) is 30.2 Å². The molecule has 2 aromatic rings. The smallest absolute Gasteiger partial charge is 0.241 e. The maximum absolute atomic E-state index is 12.5. The first kappa shape index (κ1) is 16.2. The Morgan fingerprint density at radius 3 is 2.71 bits per heavy atom. The quantitative estimate of drug-likeness (QED) is 0.830. The standard InChI is InChI=1S/C13H17BrN4O2S/c1-9-11(14)5-10(7-15)6-12(9)21(19,20)17-8-13-16-3-4-18(13)2/h3-6,17H,7-8,15H2,1-2H3. The molecule has 0 atom stereocenters. The van der Waals surface area contributed by atoms with Gasteiger partial charge in [0, 0.05) is 30.5 Å². The first-order chi connectivity index (χ1) is 9.85. The van der Waals surface area contributed by atoms with Gasteiger partial charge in [0.05, 0.1) is 11.4 Å². The van der Waals surface area contributed by atoms with Gasteiger partial charge in [0.2, 0.25) is 10.0 Å². The summed E-state index contributed by atoms with van der Waals surface area (Å²) in [5, 5.41) is 0. The summed E-state index contributed by atoms with van der Waals surface area (Å²) >= 11 is 3.37. The minimum atomic E-state index is -3.63. The van der Waals surface area contributed by atoms with Gasteiger partial charge in [0.15, 0.2) is 0 Å². The Balaban J connectivity index is 2.31. The van der Waals surface area contributed by atoms with Crippen molar-refractivity contribution < 1.29 is 8.42 Å². The van der Waals surface area contributed by atoms with Crippen LogP contribution >= 0.6 is 15.9 Å². The van der Waals surface area contributed by atoms with Crippen molar-refractivity contribution in [3.8, 4) is 0 Å². The Kier molecular flexibility index (Phi) is 4.82. The summed E-state index contributed by atoms with van der Waals surface area (Å²) in [5.74, 6) is 0.644. The van der Waals surface area contributed by atoms with E-state index in [1.54, 1.807) is 30.0 Å². The lowest BCUT2D eigenvalue weighted by Crippen LogP contribution is -2.25. The molecule has 3 N–H and O–H groups in total. The summed E-state index contributed by atoms with van der Waals surface area (Å²) in [7, 11) is -1.81. The second kappa shape index (κ2) is 6.27. The lowest BCUT2D eigenvalue weighted by molar-refractivity contribution is 0.576. The SMILES string of the molecule is Cc1c(Br)cc(CN)cc1S(=O)(=O)NCc1nccn1C. The van der Waals surface area contributed by atoms with E-state index in [0.717, 1.165) is 10.0 Å². The van der Waals surface area contributed by atoms with Crippen LogP contribution < -0.4 is 10.5 Å². The predicted octanol–water partition coefficient (Wildman–Crippen LogP) is 1.43. The van der Waals surface area contributed by atoms with Crippen LogP contribution in [0.1, 0.15) is 17.0 Å². The number of hydrogen-bond acceptors (Lipinski definition) is 4. The predicted molar refractivity (Wildman–Crippen MR) is 84.0 cm³/mol. The fourth-order valence-electron chi connectivity index (χ4n) is 1.91. The van der Waals surface area contributed by atoms with E-state index in [1.165, 1.54) is 0 Å². The molecule has 21 heavy (non-hydrogen) atoms. The van der Waals surface area contributed by atoms with Crippen LogP contribution in [-0.4, -0.2) is 18.0 Å². The van der Waals surface area contributed by atoms with Gasteiger partial charge in [-0.15, -0.1) is 0 Å². The zero-order chi connectivity index (χ0) is 15.6. The van der Waals surface area contributed by atoms with Gasteiger partial charge >= 0.3 is 0 Å². The Hall–Kier alpha value is -1.22. The van der Waals surface area contributed by atoms with E-state index in [-0.39, 0.29) is 18.0 Å². The molecule has 2 rings (SSSR count). The highest BCUT2D eigenvalue weighted by Crippen LogP contribution is 2.25. The Labute approximate surface area is 132 Å². The highest BCUT2D eigenvalue weighted by atomic mass is 79.9. The van der Waals surface area contributed by atoms with Crippen LogP contribution in [0.4, 0.5) is 0 Å². The maximum Gasteiger partial charge on any atom is 0.241 e. The van der Waals surface area contributed by atoms with Crippen molar-refractivity contribution in [2.24, 2.45) is 12.8 Å². The largest absolute Gasteiger partial charge is 0.337 e. The molecule has 0 saturated heterocycles. The summed E-state index contributed by atoms with van der Waals surface area (Å²) in [6.45, 7) is 2.16. The van der Waals surface area contributed by atoms with E-state index in [4.69, 9.17) is 5.73 Å². The second-order valence-electron chi connectivity index (χ2n) is 4.68. The van der Waals surface area contributed by atoms with Crippen LogP contribution in [0.2, 0.25) is 0 Å². The molecule has 0 unspecified atom stereocenters. The zero-order valence-electron chi connectivity index (χ0n) is 11.8. The average molecular weight is 373 g/mol.